The van der Waals surface area contributed by atoms with Crippen LogP contribution >= 0.6 is 15.9 Å². The lowest BCUT2D eigenvalue weighted by Gasteiger charge is -2.10. The van der Waals surface area contributed by atoms with Crippen molar-refractivity contribution in [2.75, 3.05) is 6.61 Å². The summed E-state index contributed by atoms with van der Waals surface area (Å²) in [5.41, 5.74) is 7.66. The quantitative estimate of drug-likeness (QED) is 0.354. The first-order valence-electron chi connectivity index (χ1n) is 7.18. The molecule has 1 aromatic carbocycles. The Morgan fingerprint density at radius 1 is 1.38 bits per heavy atom. The van der Waals surface area contributed by atoms with Gasteiger partial charge in [0.1, 0.15) is 5.75 Å². The molecule has 0 saturated heterocycles. The number of nitrogens with two attached hydrogens (primary N) is 1. The molecular formula is C15H19BrN4O4. The summed E-state index contributed by atoms with van der Waals surface area (Å²) >= 11 is 3.30. The average molecular weight is 399 g/mol. The number of hydrogen-bond acceptors (Lipinski definition) is 5. The van der Waals surface area contributed by atoms with Gasteiger partial charge in [0.25, 0.3) is 5.91 Å². The maximum Gasteiger partial charge on any atom is 0.329 e. The van der Waals surface area contributed by atoms with Crippen LogP contribution in [0.15, 0.2) is 27.8 Å². The van der Waals surface area contributed by atoms with Gasteiger partial charge in [-0.2, -0.15) is 5.10 Å². The molecule has 0 aliphatic rings. The van der Waals surface area contributed by atoms with Gasteiger partial charge in [0.2, 0.25) is 0 Å². The SMILES string of the molecule is CC[C@H](C)NC(=O)C(=O)N/N=C\c1cc(Br)ccc1OCC(N)=O. The number of amides is 3. The predicted octanol–water partition coefficient (Wildman–Crippen LogP) is 0.678. The van der Waals surface area contributed by atoms with Gasteiger partial charge < -0.3 is 15.8 Å². The van der Waals surface area contributed by atoms with Gasteiger partial charge in [-0.05, 0) is 31.5 Å². The Hall–Kier alpha value is -2.42. The van der Waals surface area contributed by atoms with E-state index in [0.29, 0.717) is 17.7 Å². The van der Waals surface area contributed by atoms with E-state index in [1.807, 2.05) is 6.92 Å². The minimum absolute atomic E-state index is 0.105. The van der Waals surface area contributed by atoms with Gasteiger partial charge >= 0.3 is 11.8 Å². The van der Waals surface area contributed by atoms with Crippen molar-refractivity contribution in [1.29, 1.82) is 0 Å². The van der Waals surface area contributed by atoms with Crippen molar-refractivity contribution in [2.45, 2.75) is 26.3 Å². The first kappa shape index (κ1) is 19.6. The molecule has 0 saturated carbocycles. The summed E-state index contributed by atoms with van der Waals surface area (Å²) in [6, 6.07) is 4.90. The van der Waals surface area contributed by atoms with E-state index in [2.05, 4.69) is 31.8 Å². The normalized spacial score (nSPS) is 11.8. The molecule has 0 bridgehead atoms. The van der Waals surface area contributed by atoms with Crippen molar-refractivity contribution in [3.63, 3.8) is 0 Å². The van der Waals surface area contributed by atoms with Crippen molar-refractivity contribution >= 4 is 39.9 Å². The molecule has 0 fully saturated rings. The minimum Gasteiger partial charge on any atom is -0.483 e. The van der Waals surface area contributed by atoms with Crippen LogP contribution in [0.2, 0.25) is 0 Å². The number of nitrogens with zero attached hydrogens (tertiary/aromatic N) is 1. The average Bonchev–Trinajstić information content (AvgIpc) is 2.53. The Balaban J connectivity index is 2.72. The van der Waals surface area contributed by atoms with Gasteiger partial charge in [-0.1, -0.05) is 22.9 Å². The first-order chi connectivity index (χ1) is 11.3. The van der Waals surface area contributed by atoms with E-state index in [9.17, 15) is 14.4 Å². The van der Waals surface area contributed by atoms with Crippen LogP contribution < -0.4 is 21.2 Å². The second-order valence-corrected chi connectivity index (χ2v) is 5.83. The van der Waals surface area contributed by atoms with Gasteiger partial charge in [-0.25, -0.2) is 5.43 Å². The maximum atomic E-state index is 11.6. The lowest BCUT2D eigenvalue weighted by atomic mass is 10.2. The summed E-state index contributed by atoms with van der Waals surface area (Å²) < 4.78 is 5.99. The molecule has 1 atom stereocenters. The summed E-state index contributed by atoms with van der Waals surface area (Å²) in [4.78, 5) is 34.0. The molecule has 9 heteroatoms. The Morgan fingerprint density at radius 2 is 2.08 bits per heavy atom. The number of hydrazone groups is 1. The lowest BCUT2D eigenvalue weighted by molar-refractivity contribution is -0.139. The summed E-state index contributed by atoms with van der Waals surface area (Å²) in [5.74, 6) is -1.89. The number of carbonyl (C=O) groups is 3. The summed E-state index contributed by atoms with van der Waals surface area (Å²) in [5, 5.41) is 6.25. The fourth-order valence-electron chi connectivity index (χ4n) is 1.50. The van der Waals surface area contributed by atoms with Crippen LogP contribution in [0, 0.1) is 0 Å². The highest BCUT2D eigenvalue weighted by Crippen LogP contribution is 2.21. The molecule has 4 N–H and O–H groups in total. The van der Waals surface area contributed by atoms with E-state index < -0.39 is 17.7 Å². The standard InChI is InChI=1S/C15H19BrN4O4/c1-3-9(2)19-14(22)15(23)20-18-7-10-6-11(16)4-5-12(10)24-8-13(17)21/h4-7,9H,3,8H2,1-2H3,(H2,17,21)(H,19,22)(H,20,23)/b18-7-/t9-/m0/s1. The highest BCUT2D eigenvalue weighted by Gasteiger charge is 2.14. The highest BCUT2D eigenvalue weighted by atomic mass is 79.9. The van der Waals surface area contributed by atoms with Crippen LogP contribution in [0.1, 0.15) is 25.8 Å². The third-order valence-electron chi connectivity index (χ3n) is 2.91. The van der Waals surface area contributed by atoms with Crippen LogP contribution in [0.5, 0.6) is 5.75 Å². The Kier molecular flexibility index (Phi) is 7.90. The van der Waals surface area contributed by atoms with E-state index in [-0.39, 0.29) is 12.6 Å². The smallest absolute Gasteiger partial charge is 0.329 e. The molecular weight excluding hydrogens is 380 g/mol. The van der Waals surface area contributed by atoms with E-state index in [1.165, 1.54) is 6.21 Å². The lowest BCUT2D eigenvalue weighted by Crippen LogP contribution is -2.41. The monoisotopic (exact) mass is 398 g/mol. The van der Waals surface area contributed by atoms with Crippen molar-refractivity contribution < 1.29 is 19.1 Å². The Morgan fingerprint density at radius 3 is 2.71 bits per heavy atom. The molecule has 0 aliphatic heterocycles. The number of carbonyl (C=O) groups excluding carboxylic acids is 3. The maximum absolute atomic E-state index is 11.6. The zero-order chi connectivity index (χ0) is 18.1. The Bertz CT molecular complexity index is 648. The number of primary amides is 1. The van der Waals surface area contributed by atoms with Gasteiger partial charge in [0, 0.05) is 16.1 Å². The highest BCUT2D eigenvalue weighted by molar-refractivity contribution is 9.10. The molecule has 24 heavy (non-hydrogen) atoms. The van der Waals surface area contributed by atoms with E-state index >= 15 is 0 Å². The van der Waals surface area contributed by atoms with E-state index in [0.717, 1.165) is 4.47 Å². The number of benzene rings is 1. The van der Waals surface area contributed by atoms with Crippen LogP contribution in [-0.4, -0.2) is 36.6 Å². The van der Waals surface area contributed by atoms with Crippen LogP contribution in [-0.2, 0) is 14.4 Å². The molecule has 0 aromatic heterocycles. The topological polar surface area (TPSA) is 123 Å². The van der Waals surface area contributed by atoms with Gasteiger partial charge in [0.15, 0.2) is 6.61 Å². The largest absolute Gasteiger partial charge is 0.483 e. The number of ether oxygens (including phenoxy) is 1. The van der Waals surface area contributed by atoms with Crippen molar-refractivity contribution in [2.24, 2.45) is 10.8 Å². The predicted molar refractivity (Wildman–Crippen MR) is 92.5 cm³/mol. The molecule has 3 amide bonds. The number of halogens is 1. The number of rotatable bonds is 7. The summed E-state index contributed by atoms with van der Waals surface area (Å²) in [6.07, 6.45) is 2.01. The molecule has 0 aliphatic carbocycles. The first-order valence-corrected chi connectivity index (χ1v) is 7.97. The van der Waals surface area contributed by atoms with Crippen LogP contribution in [0.3, 0.4) is 0 Å². The van der Waals surface area contributed by atoms with Crippen molar-refractivity contribution in [3.05, 3.63) is 28.2 Å². The third kappa shape index (κ3) is 6.78. The minimum atomic E-state index is -0.874. The molecule has 0 radical (unpaired) electrons. The van der Waals surface area contributed by atoms with E-state index in [1.54, 1.807) is 25.1 Å². The van der Waals surface area contributed by atoms with Gasteiger partial charge in [-0.15, -0.1) is 0 Å². The number of nitrogens with one attached hydrogen (secondary N) is 2. The molecule has 1 aromatic rings. The second kappa shape index (κ2) is 9.66. The zero-order valence-electron chi connectivity index (χ0n) is 13.3. The van der Waals surface area contributed by atoms with Crippen molar-refractivity contribution in [3.8, 4) is 5.75 Å². The van der Waals surface area contributed by atoms with Crippen LogP contribution in [0.25, 0.3) is 0 Å². The third-order valence-corrected chi connectivity index (χ3v) is 3.40. The molecule has 8 nitrogen and oxygen atoms in total. The van der Waals surface area contributed by atoms with Crippen LogP contribution in [0.4, 0.5) is 0 Å². The summed E-state index contributed by atoms with van der Waals surface area (Å²) in [6.45, 7) is 3.40. The zero-order valence-corrected chi connectivity index (χ0v) is 14.9. The summed E-state index contributed by atoms with van der Waals surface area (Å²) in [7, 11) is 0. The molecule has 0 spiro atoms. The molecule has 0 unspecified atom stereocenters. The Labute approximate surface area is 147 Å². The van der Waals surface area contributed by atoms with Gasteiger partial charge in [-0.3, -0.25) is 14.4 Å². The molecule has 0 heterocycles. The molecule has 1 rings (SSSR count). The molecule has 130 valence electrons. The van der Waals surface area contributed by atoms with Crippen molar-refractivity contribution in [1.82, 2.24) is 10.7 Å². The van der Waals surface area contributed by atoms with E-state index in [4.69, 9.17) is 10.5 Å². The number of hydrogen-bond donors (Lipinski definition) is 3. The van der Waals surface area contributed by atoms with Gasteiger partial charge in [0.05, 0.1) is 6.21 Å². The fraction of sp³-hybridized carbons (Fsp3) is 0.333. The fourth-order valence-corrected chi connectivity index (χ4v) is 1.88. The second-order valence-electron chi connectivity index (χ2n) is 4.92.